The number of rotatable bonds is 6. The van der Waals surface area contributed by atoms with Crippen LogP contribution in [0, 0.1) is 0 Å². The van der Waals surface area contributed by atoms with Crippen molar-refractivity contribution in [3.63, 3.8) is 0 Å². The van der Waals surface area contributed by atoms with E-state index in [2.05, 4.69) is 24.0 Å². The lowest BCUT2D eigenvalue weighted by molar-refractivity contribution is 0.172. The molecule has 0 bridgehead atoms. The van der Waals surface area contributed by atoms with Crippen molar-refractivity contribution in [2.24, 2.45) is 0 Å². The van der Waals surface area contributed by atoms with Crippen molar-refractivity contribution in [3.05, 3.63) is 77.9 Å². The molecule has 5 rings (SSSR count). The number of fused-ring (bicyclic) bond motifs is 1. The third-order valence-corrected chi connectivity index (χ3v) is 7.72. The van der Waals surface area contributed by atoms with E-state index in [9.17, 15) is 10.2 Å². The molecule has 2 aliphatic rings. The van der Waals surface area contributed by atoms with Gasteiger partial charge >= 0.3 is 0 Å². The Morgan fingerprint density at radius 3 is 2.48 bits per heavy atom. The van der Waals surface area contributed by atoms with E-state index >= 15 is 0 Å². The Bertz CT molecular complexity index is 1100. The smallest absolute Gasteiger partial charge is 0.140 e. The van der Waals surface area contributed by atoms with E-state index in [0.29, 0.717) is 12.6 Å². The first-order valence-corrected chi connectivity index (χ1v) is 12.4. The number of likely N-dealkylation sites (tertiary alicyclic amines) is 1. The third-order valence-electron chi connectivity index (χ3n) is 6.37. The Hall–Kier alpha value is -2.83. The van der Waals surface area contributed by atoms with Crippen LogP contribution in [-0.2, 0) is 0 Å². The Morgan fingerprint density at radius 2 is 1.73 bits per heavy atom. The molecule has 2 heterocycles. The fraction of sp³-hybridized carbons (Fsp3) is 0.333. The predicted molar refractivity (Wildman–Crippen MR) is 130 cm³/mol. The second-order valence-corrected chi connectivity index (χ2v) is 9.96. The largest absolute Gasteiger partial charge is 0.508 e. The van der Waals surface area contributed by atoms with Crippen LogP contribution >= 0.6 is 11.8 Å². The molecule has 0 amide bonds. The van der Waals surface area contributed by atoms with Gasteiger partial charge in [0.2, 0.25) is 0 Å². The molecular weight excluding hydrogens is 434 g/mol. The van der Waals surface area contributed by atoms with E-state index in [1.54, 1.807) is 42.1 Å². The summed E-state index contributed by atoms with van der Waals surface area (Å²) in [6.45, 7) is 5.23. The van der Waals surface area contributed by atoms with Crippen LogP contribution in [-0.4, -0.2) is 40.9 Å². The maximum Gasteiger partial charge on any atom is 0.140 e. The summed E-state index contributed by atoms with van der Waals surface area (Å²) in [5.74, 6) is 2.04. The van der Waals surface area contributed by atoms with Gasteiger partial charge in [0.1, 0.15) is 35.7 Å². The molecule has 33 heavy (non-hydrogen) atoms. The van der Waals surface area contributed by atoms with Gasteiger partial charge in [0.05, 0.1) is 10.1 Å². The van der Waals surface area contributed by atoms with Gasteiger partial charge in [-0.25, -0.2) is 0 Å². The minimum absolute atomic E-state index is 0.0756. The monoisotopic (exact) mass is 463 g/mol. The molecule has 0 aromatic heterocycles. The van der Waals surface area contributed by atoms with Crippen LogP contribution in [0.2, 0.25) is 0 Å². The van der Waals surface area contributed by atoms with Crippen LogP contribution in [0.1, 0.15) is 42.2 Å². The molecule has 3 atom stereocenters. The second kappa shape index (κ2) is 9.57. The van der Waals surface area contributed by atoms with E-state index < -0.39 is 0 Å². The average molecular weight is 464 g/mol. The highest BCUT2D eigenvalue weighted by Gasteiger charge is 2.34. The van der Waals surface area contributed by atoms with Crippen molar-refractivity contribution in [2.75, 3.05) is 19.7 Å². The normalized spacial score (nSPS) is 21.2. The molecule has 0 saturated carbocycles. The molecule has 172 valence electrons. The van der Waals surface area contributed by atoms with E-state index in [0.717, 1.165) is 40.6 Å². The van der Waals surface area contributed by atoms with E-state index in [4.69, 9.17) is 9.47 Å². The summed E-state index contributed by atoms with van der Waals surface area (Å²) in [6, 6.07) is 21.0. The van der Waals surface area contributed by atoms with E-state index in [1.807, 2.05) is 24.3 Å². The van der Waals surface area contributed by atoms with Crippen LogP contribution in [0.15, 0.2) is 71.6 Å². The zero-order valence-corrected chi connectivity index (χ0v) is 19.5. The van der Waals surface area contributed by atoms with Gasteiger partial charge < -0.3 is 19.7 Å². The molecule has 0 spiro atoms. The van der Waals surface area contributed by atoms with Crippen LogP contribution in [0.5, 0.6) is 23.0 Å². The predicted octanol–water partition coefficient (Wildman–Crippen LogP) is 5.93. The van der Waals surface area contributed by atoms with Crippen molar-refractivity contribution in [3.8, 4) is 23.0 Å². The number of nitrogens with zero attached hydrogens (tertiary/aromatic N) is 1. The maximum atomic E-state index is 10.0. The van der Waals surface area contributed by atoms with Gasteiger partial charge in [0, 0.05) is 6.04 Å². The summed E-state index contributed by atoms with van der Waals surface area (Å²) in [7, 11) is 0. The summed E-state index contributed by atoms with van der Waals surface area (Å²) in [5, 5.41) is 19.9. The first kappa shape index (κ1) is 22.0. The number of aromatic hydroxyl groups is 2. The number of hydrogen-bond acceptors (Lipinski definition) is 6. The van der Waals surface area contributed by atoms with Gasteiger partial charge in [-0.05, 0) is 86.4 Å². The van der Waals surface area contributed by atoms with Gasteiger partial charge in [0.15, 0.2) is 0 Å². The fourth-order valence-corrected chi connectivity index (χ4v) is 5.84. The van der Waals surface area contributed by atoms with Crippen molar-refractivity contribution < 1.29 is 19.7 Å². The minimum atomic E-state index is -0.244. The standard InChI is InChI=1S/C27H29NO4S/c1-18(28-13-2-3-14-28)17-31-23-10-7-19(8-11-23)26-27(20-5-4-6-21(29)15-20)33-25-16-22(30)9-12-24(25)32-26/h4-12,15-16,18,26-27,29-30H,2-3,13-14,17H2,1H3/t18-,26-,27+/m0/s1. The maximum absolute atomic E-state index is 10.0. The van der Waals surface area contributed by atoms with Gasteiger partial charge in [-0.3, -0.25) is 4.90 Å². The number of ether oxygens (including phenoxy) is 2. The Morgan fingerprint density at radius 1 is 0.970 bits per heavy atom. The first-order valence-electron chi connectivity index (χ1n) is 11.5. The van der Waals surface area contributed by atoms with Crippen molar-refractivity contribution in [2.45, 2.75) is 42.1 Å². The molecule has 1 saturated heterocycles. The van der Waals surface area contributed by atoms with Crippen LogP contribution in [0.3, 0.4) is 0 Å². The minimum Gasteiger partial charge on any atom is -0.508 e. The lowest BCUT2D eigenvalue weighted by Crippen LogP contribution is -2.34. The van der Waals surface area contributed by atoms with Crippen LogP contribution in [0.25, 0.3) is 0 Å². The molecule has 6 heteroatoms. The summed E-state index contributed by atoms with van der Waals surface area (Å²) in [4.78, 5) is 3.37. The Balaban J connectivity index is 1.36. The van der Waals surface area contributed by atoms with Crippen molar-refractivity contribution in [1.82, 2.24) is 4.90 Å². The number of phenolic OH excluding ortho intramolecular Hbond substituents is 2. The topological polar surface area (TPSA) is 62.2 Å². The highest BCUT2D eigenvalue weighted by molar-refractivity contribution is 7.99. The zero-order valence-electron chi connectivity index (χ0n) is 18.7. The van der Waals surface area contributed by atoms with Crippen molar-refractivity contribution >= 4 is 11.8 Å². The Kier molecular flexibility index (Phi) is 6.38. The Labute approximate surface area is 199 Å². The molecule has 1 fully saturated rings. The van der Waals surface area contributed by atoms with Gasteiger partial charge in [-0.15, -0.1) is 11.8 Å². The van der Waals surface area contributed by atoms with Crippen LogP contribution in [0.4, 0.5) is 0 Å². The second-order valence-electron chi connectivity index (χ2n) is 8.78. The molecule has 3 aromatic carbocycles. The molecule has 2 N–H and O–H groups in total. The van der Waals surface area contributed by atoms with Gasteiger partial charge in [-0.2, -0.15) is 0 Å². The number of phenols is 2. The molecule has 5 nitrogen and oxygen atoms in total. The SMILES string of the molecule is C[C@@H](COc1ccc([C@@H]2Oc3ccc(O)cc3S[C@@H]2c2cccc(O)c2)cc1)N1CCCC1. The molecule has 0 aliphatic carbocycles. The quantitative estimate of drug-likeness (QED) is 0.473. The molecule has 0 unspecified atom stereocenters. The lowest BCUT2D eigenvalue weighted by Gasteiger charge is -2.34. The highest BCUT2D eigenvalue weighted by atomic mass is 32.2. The summed E-state index contributed by atoms with van der Waals surface area (Å²) in [5.41, 5.74) is 2.01. The molecule has 0 radical (unpaired) electrons. The lowest BCUT2D eigenvalue weighted by atomic mass is 10.00. The first-order chi connectivity index (χ1) is 16.1. The summed E-state index contributed by atoms with van der Waals surface area (Å²) < 4.78 is 12.5. The van der Waals surface area contributed by atoms with E-state index in [-0.39, 0.29) is 22.9 Å². The zero-order chi connectivity index (χ0) is 22.8. The van der Waals surface area contributed by atoms with Crippen molar-refractivity contribution in [1.29, 1.82) is 0 Å². The third kappa shape index (κ3) is 4.92. The summed E-state index contributed by atoms with van der Waals surface area (Å²) in [6.07, 6.45) is 2.31. The van der Waals surface area contributed by atoms with E-state index in [1.165, 1.54) is 12.8 Å². The molecular formula is C27H29NO4S. The summed E-state index contributed by atoms with van der Waals surface area (Å²) >= 11 is 1.64. The van der Waals surface area contributed by atoms with Gasteiger partial charge in [-0.1, -0.05) is 24.3 Å². The molecule has 3 aromatic rings. The fourth-order valence-electron chi connectivity index (χ4n) is 4.53. The number of hydrogen-bond donors (Lipinski definition) is 2. The number of benzene rings is 3. The van der Waals surface area contributed by atoms with Gasteiger partial charge in [0.25, 0.3) is 0 Å². The molecule has 2 aliphatic heterocycles. The average Bonchev–Trinajstić information content (AvgIpc) is 3.37. The van der Waals surface area contributed by atoms with Crippen LogP contribution < -0.4 is 9.47 Å². The number of thioether (sulfide) groups is 1. The highest BCUT2D eigenvalue weighted by Crippen LogP contribution is 2.54.